The fourth-order valence-electron chi connectivity index (χ4n) is 2.80. The summed E-state index contributed by atoms with van der Waals surface area (Å²) in [5.41, 5.74) is 1.29. The minimum Gasteiger partial charge on any atom is -0.308 e. The molecule has 0 aliphatic heterocycles. The maximum Gasteiger partial charge on any atom is 0.0898 e. The van der Waals surface area contributed by atoms with Crippen LogP contribution in [-0.4, -0.2) is 11.5 Å². The van der Waals surface area contributed by atoms with E-state index in [0.29, 0.717) is 6.04 Å². The Bertz CT molecular complexity index is 329. The Morgan fingerprint density at radius 1 is 1.41 bits per heavy atom. The lowest BCUT2D eigenvalue weighted by Gasteiger charge is -2.30. The summed E-state index contributed by atoms with van der Waals surface area (Å²) >= 11 is 1.78. The maximum absolute atomic E-state index is 4.70. The Kier molecular flexibility index (Phi) is 4.99. The van der Waals surface area contributed by atoms with E-state index in [2.05, 4.69) is 24.5 Å². The average Bonchev–Trinajstić information content (AvgIpc) is 2.78. The van der Waals surface area contributed by atoms with Crippen molar-refractivity contribution in [3.63, 3.8) is 0 Å². The van der Waals surface area contributed by atoms with E-state index < -0.39 is 0 Å². The first kappa shape index (κ1) is 13.0. The molecule has 0 aromatic carbocycles. The molecule has 1 unspecified atom stereocenters. The summed E-state index contributed by atoms with van der Waals surface area (Å²) in [6.07, 6.45) is 8.17. The molecule has 0 amide bonds. The van der Waals surface area contributed by atoms with Crippen molar-refractivity contribution in [2.75, 3.05) is 6.54 Å². The van der Waals surface area contributed by atoms with Crippen molar-refractivity contribution in [1.29, 1.82) is 0 Å². The van der Waals surface area contributed by atoms with Gasteiger partial charge in [0.1, 0.15) is 0 Å². The molecular formula is C14H24N2S. The molecule has 96 valence electrons. The summed E-state index contributed by atoms with van der Waals surface area (Å²) < 4.78 is 0. The van der Waals surface area contributed by atoms with Crippen molar-refractivity contribution in [3.8, 4) is 0 Å². The van der Waals surface area contributed by atoms with Crippen LogP contribution in [0.5, 0.6) is 0 Å². The first-order chi connectivity index (χ1) is 8.31. The molecule has 1 aliphatic carbocycles. The Morgan fingerprint density at radius 2 is 2.18 bits per heavy atom. The molecule has 0 saturated heterocycles. The molecule has 0 bridgehead atoms. The van der Waals surface area contributed by atoms with Crippen LogP contribution in [-0.2, 0) is 0 Å². The van der Waals surface area contributed by atoms with Crippen LogP contribution in [0.1, 0.15) is 62.2 Å². The fraction of sp³-hybridized carbons (Fsp3) is 0.786. The molecular weight excluding hydrogens is 228 g/mol. The molecule has 0 spiro atoms. The van der Waals surface area contributed by atoms with Crippen LogP contribution in [0.4, 0.5) is 0 Å². The molecule has 1 saturated carbocycles. The molecule has 2 nitrogen and oxygen atoms in total. The quantitative estimate of drug-likeness (QED) is 0.854. The summed E-state index contributed by atoms with van der Waals surface area (Å²) in [5, 5.41) is 7.15. The van der Waals surface area contributed by atoms with Crippen LogP contribution in [0.3, 0.4) is 0 Å². The van der Waals surface area contributed by atoms with E-state index in [-0.39, 0.29) is 0 Å². The van der Waals surface area contributed by atoms with Gasteiger partial charge in [0.15, 0.2) is 0 Å². The standard InChI is InChI=1S/C14H24N2S/c1-3-9-15-14(12-7-5-4-6-8-12)13-10-17-11(2)16-13/h10,12,14-15H,3-9H2,1-2H3. The van der Waals surface area contributed by atoms with E-state index in [1.165, 1.54) is 49.2 Å². The van der Waals surface area contributed by atoms with E-state index >= 15 is 0 Å². The number of nitrogens with one attached hydrogen (secondary N) is 1. The zero-order chi connectivity index (χ0) is 12.1. The topological polar surface area (TPSA) is 24.9 Å². The second-order valence-electron chi connectivity index (χ2n) is 5.12. The highest BCUT2D eigenvalue weighted by Crippen LogP contribution is 2.34. The summed E-state index contributed by atoms with van der Waals surface area (Å²) in [5.74, 6) is 0.803. The van der Waals surface area contributed by atoms with Crippen molar-refractivity contribution < 1.29 is 0 Å². The number of hydrogen-bond acceptors (Lipinski definition) is 3. The molecule has 3 heteroatoms. The molecule has 1 N–H and O–H groups in total. The average molecular weight is 252 g/mol. The van der Waals surface area contributed by atoms with Gasteiger partial charge in [-0.15, -0.1) is 11.3 Å². The molecule has 1 aliphatic rings. The highest BCUT2D eigenvalue weighted by molar-refractivity contribution is 7.09. The Balaban J connectivity index is 2.06. The molecule has 17 heavy (non-hydrogen) atoms. The number of aryl methyl sites for hydroxylation is 1. The Labute approximate surface area is 109 Å². The SMILES string of the molecule is CCCNC(c1csc(C)n1)C1CCCCC1. The van der Waals surface area contributed by atoms with E-state index in [1.54, 1.807) is 11.3 Å². The van der Waals surface area contributed by atoms with E-state index in [4.69, 9.17) is 4.98 Å². The number of thiazole rings is 1. The summed E-state index contributed by atoms with van der Waals surface area (Å²) in [7, 11) is 0. The smallest absolute Gasteiger partial charge is 0.0898 e. The third-order valence-electron chi connectivity index (χ3n) is 3.69. The molecule has 1 aromatic rings. The van der Waals surface area contributed by atoms with Crippen LogP contribution in [0.2, 0.25) is 0 Å². The predicted octanol–water partition coefficient (Wildman–Crippen LogP) is 4.07. The Morgan fingerprint density at radius 3 is 2.76 bits per heavy atom. The number of nitrogens with zero attached hydrogens (tertiary/aromatic N) is 1. The summed E-state index contributed by atoms with van der Waals surface area (Å²) in [6, 6.07) is 0.500. The van der Waals surface area contributed by atoms with Crippen LogP contribution in [0.15, 0.2) is 5.38 Å². The molecule has 1 atom stereocenters. The first-order valence-corrected chi connectivity index (χ1v) is 7.84. The van der Waals surface area contributed by atoms with Gasteiger partial charge in [-0.3, -0.25) is 0 Å². The largest absolute Gasteiger partial charge is 0.308 e. The van der Waals surface area contributed by atoms with Gasteiger partial charge in [-0.1, -0.05) is 26.2 Å². The number of rotatable bonds is 5. The van der Waals surface area contributed by atoms with Gasteiger partial charge in [-0.2, -0.15) is 0 Å². The molecule has 0 radical (unpaired) electrons. The van der Waals surface area contributed by atoms with Crippen molar-refractivity contribution >= 4 is 11.3 Å². The van der Waals surface area contributed by atoms with Crippen molar-refractivity contribution in [2.45, 2.75) is 58.4 Å². The van der Waals surface area contributed by atoms with Crippen molar-refractivity contribution in [1.82, 2.24) is 10.3 Å². The normalized spacial score (nSPS) is 19.4. The van der Waals surface area contributed by atoms with Crippen molar-refractivity contribution in [3.05, 3.63) is 16.1 Å². The van der Waals surface area contributed by atoms with Crippen LogP contribution < -0.4 is 5.32 Å². The minimum atomic E-state index is 0.500. The second kappa shape index (κ2) is 6.50. The van der Waals surface area contributed by atoms with E-state index in [9.17, 15) is 0 Å². The third-order valence-corrected chi connectivity index (χ3v) is 4.48. The summed E-state index contributed by atoms with van der Waals surface area (Å²) in [6.45, 7) is 5.45. The van der Waals surface area contributed by atoms with Crippen molar-refractivity contribution in [2.24, 2.45) is 5.92 Å². The molecule has 2 rings (SSSR count). The Hall–Kier alpha value is -0.410. The monoisotopic (exact) mass is 252 g/mol. The zero-order valence-electron chi connectivity index (χ0n) is 11.0. The predicted molar refractivity (Wildman–Crippen MR) is 74.5 cm³/mol. The summed E-state index contributed by atoms with van der Waals surface area (Å²) in [4.78, 5) is 4.70. The van der Waals surface area contributed by atoms with Gasteiger partial charge >= 0.3 is 0 Å². The van der Waals surface area contributed by atoms with Gasteiger partial charge in [-0.05, 0) is 38.6 Å². The molecule has 1 fully saturated rings. The highest BCUT2D eigenvalue weighted by atomic mass is 32.1. The van der Waals surface area contributed by atoms with Gasteiger partial charge < -0.3 is 5.32 Å². The van der Waals surface area contributed by atoms with Crippen LogP contribution >= 0.6 is 11.3 Å². The maximum atomic E-state index is 4.70. The lowest BCUT2D eigenvalue weighted by molar-refractivity contribution is 0.268. The van der Waals surface area contributed by atoms with Gasteiger partial charge in [0, 0.05) is 5.38 Å². The number of hydrogen-bond donors (Lipinski definition) is 1. The third kappa shape index (κ3) is 3.52. The van der Waals surface area contributed by atoms with Gasteiger partial charge in [0.2, 0.25) is 0 Å². The number of aromatic nitrogens is 1. The molecule has 1 heterocycles. The van der Waals surface area contributed by atoms with Gasteiger partial charge in [0.05, 0.1) is 16.7 Å². The lowest BCUT2D eigenvalue weighted by Crippen LogP contribution is -2.30. The highest BCUT2D eigenvalue weighted by Gasteiger charge is 2.25. The van der Waals surface area contributed by atoms with E-state index in [0.717, 1.165) is 12.5 Å². The minimum absolute atomic E-state index is 0.500. The second-order valence-corrected chi connectivity index (χ2v) is 6.18. The van der Waals surface area contributed by atoms with Crippen LogP contribution in [0, 0.1) is 12.8 Å². The van der Waals surface area contributed by atoms with Crippen LogP contribution in [0.25, 0.3) is 0 Å². The van der Waals surface area contributed by atoms with Gasteiger partial charge in [-0.25, -0.2) is 4.98 Å². The van der Waals surface area contributed by atoms with Gasteiger partial charge in [0.25, 0.3) is 0 Å². The molecule has 1 aromatic heterocycles. The van der Waals surface area contributed by atoms with E-state index in [1.807, 2.05) is 0 Å². The lowest BCUT2D eigenvalue weighted by atomic mass is 9.83. The zero-order valence-corrected chi connectivity index (χ0v) is 11.9. The fourth-order valence-corrected chi connectivity index (χ4v) is 3.45. The first-order valence-electron chi connectivity index (χ1n) is 6.96.